The third-order valence-corrected chi connectivity index (χ3v) is 6.15. The van der Waals surface area contributed by atoms with Crippen LogP contribution >= 0.6 is 35.2 Å². The Kier molecular flexibility index (Phi) is 5.01. The third-order valence-electron chi connectivity index (χ3n) is 4.34. The number of amides is 1. The number of nitrogens with one attached hydrogen (secondary N) is 1. The molecule has 4 rings (SSSR count). The van der Waals surface area contributed by atoms with Gasteiger partial charge in [-0.1, -0.05) is 29.0 Å². The highest BCUT2D eigenvalue weighted by atomic mass is 35.5. The van der Waals surface area contributed by atoms with E-state index < -0.39 is 0 Å². The van der Waals surface area contributed by atoms with Crippen LogP contribution in [0.3, 0.4) is 0 Å². The van der Waals surface area contributed by atoms with Gasteiger partial charge in [-0.3, -0.25) is 9.36 Å². The molecule has 3 aromatic rings. The summed E-state index contributed by atoms with van der Waals surface area (Å²) >= 11 is 12.7. The summed E-state index contributed by atoms with van der Waals surface area (Å²) in [5, 5.41) is 3.53. The van der Waals surface area contributed by atoms with Gasteiger partial charge in [0.1, 0.15) is 10.7 Å². The van der Waals surface area contributed by atoms with Crippen molar-refractivity contribution in [1.82, 2.24) is 9.88 Å². The number of carbonyl (C=O) groups excluding carboxylic acids is 1. The number of anilines is 1. The number of carbonyl (C=O) groups is 1. The zero-order valence-electron chi connectivity index (χ0n) is 14.8. The average molecular weight is 434 g/mol. The van der Waals surface area contributed by atoms with Crippen molar-refractivity contribution in [3.63, 3.8) is 0 Å². The lowest BCUT2D eigenvalue weighted by Gasteiger charge is -2.09. The van der Waals surface area contributed by atoms with Gasteiger partial charge < -0.3 is 20.5 Å². The molecule has 2 heterocycles. The Morgan fingerprint density at radius 3 is 2.86 bits per heavy atom. The lowest BCUT2D eigenvalue weighted by atomic mass is 10.2. The molecule has 0 fully saturated rings. The molecule has 0 saturated carbocycles. The number of thiazole rings is 1. The van der Waals surface area contributed by atoms with Crippen molar-refractivity contribution in [2.45, 2.75) is 13.5 Å². The zero-order valence-corrected chi connectivity index (χ0v) is 17.2. The van der Waals surface area contributed by atoms with Crippen LogP contribution in [0.2, 0.25) is 5.02 Å². The molecule has 6 nitrogen and oxygen atoms in total. The van der Waals surface area contributed by atoms with E-state index in [4.69, 9.17) is 39.0 Å². The molecule has 2 aromatic carbocycles. The van der Waals surface area contributed by atoms with E-state index in [-0.39, 0.29) is 12.7 Å². The molecule has 1 amide bonds. The zero-order chi connectivity index (χ0) is 19.8. The molecule has 3 N–H and O–H groups in total. The van der Waals surface area contributed by atoms with Gasteiger partial charge in [0.05, 0.1) is 0 Å². The number of halogens is 1. The molecule has 0 unspecified atom stereocenters. The van der Waals surface area contributed by atoms with Crippen LogP contribution in [-0.2, 0) is 6.54 Å². The van der Waals surface area contributed by atoms with E-state index in [1.54, 1.807) is 10.6 Å². The number of nitrogens with two attached hydrogens (primary N) is 1. The summed E-state index contributed by atoms with van der Waals surface area (Å²) < 4.78 is 12.8. The quantitative estimate of drug-likeness (QED) is 0.593. The molecule has 0 spiro atoms. The van der Waals surface area contributed by atoms with Crippen LogP contribution in [0.1, 0.15) is 20.8 Å². The van der Waals surface area contributed by atoms with Crippen molar-refractivity contribution in [3.05, 3.63) is 61.4 Å². The monoisotopic (exact) mass is 433 g/mol. The lowest BCUT2D eigenvalue weighted by Crippen LogP contribution is -2.23. The topological polar surface area (TPSA) is 78.5 Å². The fourth-order valence-electron chi connectivity index (χ4n) is 2.87. The minimum atomic E-state index is -0.282. The van der Waals surface area contributed by atoms with Crippen LogP contribution in [0.25, 0.3) is 5.69 Å². The van der Waals surface area contributed by atoms with Gasteiger partial charge in [0.2, 0.25) is 6.79 Å². The molecule has 0 bridgehead atoms. The Labute approximate surface area is 175 Å². The van der Waals surface area contributed by atoms with Gasteiger partial charge in [0, 0.05) is 17.3 Å². The van der Waals surface area contributed by atoms with Crippen molar-refractivity contribution in [3.8, 4) is 17.2 Å². The maximum atomic E-state index is 12.7. The highest BCUT2D eigenvalue weighted by molar-refractivity contribution is 7.73. The second kappa shape index (κ2) is 7.46. The Hall–Kier alpha value is -2.55. The van der Waals surface area contributed by atoms with E-state index in [1.807, 2.05) is 37.3 Å². The summed E-state index contributed by atoms with van der Waals surface area (Å²) in [6, 6.07) is 11.0. The van der Waals surface area contributed by atoms with Gasteiger partial charge in [-0.15, -0.1) is 0 Å². The first-order valence-corrected chi connectivity index (χ1v) is 9.99. The number of rotatable bonds is 4. The first-order valence-electron chi connectivity index (χ1n) is 8.38. The van der Waals surface area contributed by atoms with Crippen LogP contribution < -0.4 is 20.5 Å². The van der Waals surface area contributed by atoms with E-state index >= 15 is 0 Å². The van der Waals surface area contributed by atoms with E-state index in [0.717, 1.165) is 16.8 Å². The number of nitrogen functional groups attached to an aromatic ring is 1. The van der Waals surface area contributed by atoms with Crippen LogP contribution in [0, 0.1) is 10.9 Å². The highest BCUT2D eigenvalue weighted by Gasteiger charge is 2.19. The summed E-state index contributed by atoms with van der Waals surface area (Å²) in [5.41, 5.74) is 8.82. The minimum absolute atomic E-state index is 0.211. The second-order valence-electron chi connectivity index (χ2n) is 6.22. The van der Waals surface area contributed by atoms with Crippen LogP contribution in [0.5, 0.6) is 11.5 Å². The Bertz CT molecular complexity index is 1140. The first kappa shape index (κ1) is 18.8. The number of fused-ring (bicyclic) bond motifs is 1. The van der Waals surface area contributed by atoms with Crippen molar-refractivity contribution in [2.75, 3.05) is 12.5 Å². The maximum Gasteiger partial charge on any atom is 0.265 e. The summed E-state index contributed by atoms with van der Waals surface area (Å²) in [5.74, 6) is 1.40. The number of aromatic nitrogens is 1. The maximum absolute atomic E-state index is 12.7. The third kappa shape index (κ3) is 3.46. The Balaban J connectivity index is 1.55. The van der Waals surface area contributed by atoms with Crippen molar-refractivity contribution in [2.24, 2.45) is 0 Å². The summed E-state index contributed by atoms with van der Waals surface area (Å²) in [7, 11) is 0. The normalized spacial score (nSPS) is 12.2. The molecule has 28 heavy (non-hydrogen) atoms. The molecule has 1 aliphatic heterocycles. The summed E-state index contributed by atoms with van der Waals surface area (Å²) in [6.07, 6.45) is 0. The van der Waals surface area contributed by atoms with Crippen LogP contribution in [-0.4, -0.2) is 17.3 Å². The molecule has 0 aliphatic carbocycles. The van der Waals surface area contributed by atoms with Gasteiger partial charge in [0.25, 0.3) is 5.91 Å². The summed E-state index contributed by atoms with van der Waals surface area (Å²) in [6.45, 7) is 2.44. The van der Waals surface area contributed by atoms with Gasteiger partial charge in [-0.2, -0.15) is 0 Å². The predicted octanol–water partition coefficient (Wildman–Crippen LogP) is 4.47. The molecular weight excluding hydrogens is 418 g/mol. The number of hydrogen-bond acceptors (Lipinski definition) is 6. The number of ether oxygens (including phenoxy) is 2. The lowest BCUT2D eigenvalue weighted by molar-refractivity contribution is 0.0955. The van der Waals surface area contributed by atoms with Crippen molar-refractivity contribution >= 4 is 46.9 Å². The smallest absolute Gasteiger partial charge is 0.265 e. The largest absolute Gasteiger partial charge is 0.454 e. The number of hydrogen-bond donors (Lipinski definition) is 2. The molecule has 1 aromatic heterocycles. The van der Waals surface area contributed by atoms with Gasteiger partial charge >= 0.3 is 0 Å². The number of aryl methyl sites for hydroxylation is 1. The molecule has 0 saturated heterocycles. The number of benzene rings is 2. The van der Waals surface area contributed by atoms with Crippen LogP contribution in [0.15, 0.2) is 36.4 Å². The average Bonchev–Trinajstić information content (AvgIpc) is 3.26. The second-order valence-corrected chi connectivity index (χ2v) is 8.27. The predicted molar refractivity (Wildman–Crippen MR) is 112 cm³/mol. The number of nitrogens with zero attached hydrogens (tertiary/aromatic N) is 1. The van der Waals surface area contributed by atoms with E-state index in [2.05, 4.69) is 5.32 Å². The summed E-state index contributed by atoms with van der Waals surface area (Å²) in [4.78, 5) is 13.0. The van der Waals surface area contributed by atoms with Gasteiger partial charge in [-0.05, 0) is 60.6 Å². The highest BCUT2D eigenvalue weighted by Crippen LogP contribution is 2.32. The van der Waals surface area contributed by atoms with E-state index in [1.165, 1.54) is 11.3 Å². The molecule has 9 heteroatoms. The molecule has 0 atom stereocenters. The Morgan fingerprint density at radius 1 is 1.29 bits per heavy atom. The van der Waals surface area contributed by atoms with Crippen molar-refractivity contribution in [1.29, 1.82) is 0 Å². The SMILES string of the molecule is Cc1cc(-n2c(N)c(C(=O)NCc3ccc4c(c3)OCO4)sc2=S)ccc1Cl. The minimum Gasteiger partial charge on any atom is -0.454 e. The molecule has 0 radical (unpaired) electrons. The van der Waals surface area contributed by atoms with Crippen LogP contribution in [0.4, 0.5) is 5.82 Å². The first-order chi connectivity index (χ1) is 13.4. The molecular formula is C19H16ClN3O3S2. The fourth-order valence-corrected chi connectivity index (χ4v) is 4.28. The molecule has 144 valence electrons. The van der Waals surface area contributed by atoms with Gasteiger partial charge in [0.15, 0.2) is 15.5 Å². The van der Waals surface area contributed by atoms with E-state index in [9.17, 15) is 4.79 Å². The Morgan fingerprint density at radius 2 is 2.07 bits per heavy atom. The van der Waals surface area contributed by atoms with E-state index in [0.29, 0.717) is 37.7 Å². The standard InChI is InChI=1S/C19H16ClN3O3S2/c1-10-6-12(3-4-13(10)20)23-17(21)16(28-19(23)27)18(24)22-8-11-2-5-14-15(7-11)26-9-25-14/h2-7H,8-9,21H2,1H3,(H,22,24). The molecule has 1 aliphatic rings. The van der Waals surface area contributed by atoms with Crippen molar-refractivity contribution < 1.29 is 14.3 Å². The fraction of sp³-hybridized carbons (Fsp3) is 0.158. The van der Waals surface area contributed by atoms with Gasteiger partial charge in [-0.25, -0.2) is 0 Å².